The SMILES string of the molecule is COc1cc2c(cc1OC)[C@H](C)N(C(=O)Cn1ncc3c1-c1cc(C)ccc1OC3)CC2. The summed E-state index contributed by atoms with van der Waals surface area (Å²) in [6, 6.07) is 10.1. The van der Waals surface area contributed by atoms with Gasteiger partial charge in [0.05, 0.1) is 32.2 Å². The summed E-state index contributed by atoms with van der Waals surface area (Å²) < 4.78 is 18.6. The molecule has 7 heteroatoms. The molecule has 2 aliphatic heterocycles. The van der Waals surface area contributed by atoms with Crippen molar-refractivity contribution in [2.24, 2.45) is 0 Å². The van der Waals surface area contributed by atoms with E-state index in [4.69, 9.17) is 14.2 Å². The lowest BCUT2D eigenvalue weighted by Crippen LogP contribution is -2.40. The fourth-order valence-corrected chi connectivity index (χ4v) is 4.78. The van der Waals surface area contributed by atoms with E-state index in [2.05, 4.69) is 25.0 Å². The van der Waals surface area contributed by atoms with Gasteiger partial charge in [0.15, 0.2) is 11.5 Å². The number of benzene rings is 2. The maximum Gasteiger partial charge on any atom is 0.244 e. The molecular formula is C25H27N3O4. The topological polar surface area (TPSA) is 65.8 Å². The van der Waals surface area contributed by atoms with Crippen LogP contribution in [0.3, 0.4) is 0 Å². The largest absolute Gasteiger partial charge is 0.493 e. The lowest BCUT2D eigenvalue weighted by Gasteiger charge is -2.36. The summed E-state index contributed by atoms with van der Waals surface area (Å²) in [5.41, 5.74) is 6.40. The Labute approximate surface area is 187 Å². The molecule has 2 aromatic carbocycles. The molecule has 32 heavy (non-hydrogen) atoms. The Morgan fingerprint density at radius 3 is 2.72 bits per heavy atom. The van der Waals surface area contributed by atoms with Crippen LogP contribution in [0.15, 0.2) is 36.5 Å². The average molecular weight is 434 g/mol. The average Bonchev–Trinajstić information content (AvgIpc) is 3.21. The molecule has 0 radical (unpaired) electrons. The molecule has 3 aromatic rings. The highest BCUT2D eigenvalue weighted by Crippen LogP contribution is 2.40. The van der Waals surface area contributed by atoms with Crippen LogP contribution < -0.4 is 14.2 Å². The van der Waals surface area contributed by atoms with Gasteiger partial charge < -0.3 is 19.1 Å². The van der Waals surface area contributed by atoms with Crippen LogP contribution in [-0.2, 0) is 24.4 Å². The fourth-order valence-electron chi connectivity index (χ4n) is 4.78. The molecule has 0 N–H and O–H groups in total. The molecule has 1 atom stereocenters. The summed E-state index contributed by atoms with van der Waals surface area (Å²) >= 11 is 0. The van der Waals surface area contributed by atoms with Gasteiger partial charge in [0.2, 0.25) is 5.91 Å². The maximum atomic E-state index is 13.4. The molecule has 1 aromatic heterocycles. The number of aryl methyl sites for hydroxylation is 1. The molecular weight excluding hydrogens is 406 g/mol. The Balaban J connectivity index is 1.43. The first-order chi connectivity index (χ1) is 15.5. The van der Waals surface area contributed by atoms with E-state index in [1.54, 1.807) is 20.4 Å². The Morgan fingerprint density at radius 1 is 1.16 bits per heavy atom. The van der Waals surface area contributed by atoms with Crippen molar-refractivity contribution in [1.82, 2.24) is 14.7 Å². The van der Waals surface area contributed by atoms with Gasteiger partial charge in [-0.05, 0) is 55.7 Å². The minimum absolute atomic E-state index is 0.0459. The van der Waals surface area contributed by atoms with Crippen molar-refractivity contribution in [2.45, 2.75) is 39.5 Å². The first-order valence-electron chi connectivity index (χ1n) is 10.8. The number of rotatable bonds is 4. The standard InChI is InChI=1S/C25H27N3O4/c1-15-5-6-21-20(9-15)25-18(14-32-21)12-26-28(25)13-24(29)27-8-7-17-10-22(30-3)23(31-4)11-19(17)16(27)2/h5-6,9-12,16H,7-8,13-14H2,1-4H3/t16-/m0/s1. The smallest absolute Gasteiger partial charge is 0.244 e. The molecule has 5 rings (SSSR count). The Morgan fingerprint density at radius 2 is 1.94 bits per heavy atom. The lowest BCUT2D eigenvalue weighted by molar-refractivity contribution is -0.134. The van der Waals surface area contributed by atoms with Crippen molar-refractivity contribution < 1.29 is 19.0 Å². The number of carbonyl (C=O) groups excluding carboxylic acids is 1. The van der Waals surface area contributed by atoms with Crippen LogP contribution in [0.4, 0.5) is 0 Å². The van der Waals surface area contributed by atoms with E-state index in [1.165, 1.54) is 5.56 Å². The summed E-state index contributed by atoms with van der Waals surface area (Å²) in [5, 5.41) is 4.53. The molecule has 0 aliphatic carbocycles. The van der Waals surface area contributed by atoms with Crippen LogP contribution in [0, 0.1) is 6.92 Å². The zero-order valence-electron chi connectivity index (χ0n) is 18.8. The summed E-state index contributed by atoms with van der Waals surface area (Å²) in [4.78, 5) is 15.3. The molecule has 3 heterocycles. The maximum absolute atomic E-state index is 13.4. The van der Waals surface area contributed by atoms with E-state index in [0.29, 0.717) is 18.9 Å². The van der Waals surface area contributed by atoms with Crippen LogP contribution >= 0.6 is 0 Å². The number of fused-ring (bicyclic) bond motifs is 4. The quantitative estimate of drug-likeness (QED) is 0.624. The van der Waals surface area contributed by atoms with Gasteiger partial charge in [-0.2, -0.15) is 5.10 Å². The molecule has 2 aliphatic rings. The fraction of sp³-hybridized carbons (Fsp3) is 0.360. The number of hydrogen-bond acceptors (Lipinski definition) is 5. The number of amides is 1. The Bertz CT molecular complexity index is 1200. The number of nitrogens with zero attached hydrogens (tertiary/aromatic N) is 3. The highest BCUT2D eigenvalue weighted by molar-refractivity contribution is 5.79. The summed E-state index contributed by atoms with van der Waals surface area (Å²) in [6.07, 6.45) is 2.58. The van der Waals surface area contributed by atoms with Gasteiger partial charge in [0.25, 0.3) is 0 Å². The van der Waals surface area contributed by atoms with Crippen LogP contribution in [0.5, 0.6) is 17.2 Å². The molecule has 0 saturated carbocycles. The van der Waals surface area contributed by atoms with Crippen molar-refractivity contribution >= 4 is 5.91 Å². The van der Waals surface area contributed by atoms with Gasteiger partial charge in [0.1, 0.15) is 18.9 Å². The molecule has 7 nitrogen and oxygen atoms in total. The van der Waals surface area contributed by atoms with Crippen molar-refractivity contribution in [3.8, 4) is 28.5 Å². The Kier molecular flexibility index (Phi) is 5.04. The lowest BCUT2D eigenvalue weighted by atomic mass is 9.92. The number of hydrogen-bond donors (Lipinski definition) is 0. The predicted octanol–water partition coefficient (Wildman–Crippen LogP) is 3.91. The Hall–Kier alpha value is -3.48. The van der Waals surface area contributed by atoms with E-state index in [0.717, 1.165) is 45.9 Å². The van der Waals surface area contributed by atoms with Gasteiger partial charge >= 0.3 is 0 Å². The van der Waals surface area contributed by atoms with Crippen molar-refractivity contribution in [1.29, 1.82) is 0 Å². The molecule has 0 saturated heterocycles. The third-order valence-electron chi connectivity index (χ3n) is 6.48. The predicted molar refractivity (Wildman–Crippen MR) is 120 cm³/mol. The molecule has 1 amide bonds. The highest BCUT2D eigenvalue weighted by Gasteiger charge is 2.31. The van der Waals surface area contributed by atoms with Gasteiger partial charge in [-0.1, -0.05) is 11.6 Å². The monoisotopic (exact) mass is 433 g/mol. The van der Waals surface area contributed by atoms with E-state index < -0.39 is 0 Å². The highest BCUT2D eigenvalue weighted by atomic mass is 16.5. The van der Waals surface area contributed by atoms with Gasteiger partial charge in [-0.25, -0.2) is 0 Å². The van der Waals surface area contributed by atoms with Crippen LogP contribution in [0.25, 0.3) is 11.3 Å². The minimum Gasteiger partial charge on any atom is -0.493 e. The second-order valence-corrected chi connectivity index (χ2v) is 8.38. The molecule has 0 bridgehead atoms. The van der Waals surface area contributed by atoms with Crippen molar-refractivity contribution in [3.63, 3.8) is 0 Å². The number of carbonyl (C=O) groups is 1. The van der Waals surface area contributed by atoms with Gasteiger partial charge in [-0.3, -0.25) is 9.48 Å². The van der Waals surface area contributed by atoms with Crippen LogP contribution in [0.2, 0.25) is 0 Å². The molecule has 166 valence electrons. The summed E-state index contributed by atoms with van der Waals surface area (Å²) in [5.74, 6) is 2.28. The van der Waals surface area contributed by atoms with Gasteiger partial charge in [-0.15, -0.1) is 0 Å². The molecule has 0 spiro atoms. The first-order valence-corrected chi connectivity index (χ1v) is 10.8. The van der Waals surface area contributed by atoms with E-state index in [-0.39, 0.29) is 18.5 Å². The van der Waals surface area contributed by atoms with Crippen molar-refractivity contribution in [3.05, 3.63) is 58.8 Å². The van der Waals surface area contributed by atoms with Crippen LogP contribution in [0.1, 0.15) is 35.2 Å². The van der Waals surface area contributed by atoms with E-state index in [1.807, 2.05) is 33.8 Å². The van der Waals surface area contributed by atoms with E-state index in [9.17, 15) is 4.79 Å². The number of methoxy groups -OCH3 is 2. The third kappa shape index (κ3) is 3.28. The van der Waals surface area contributed by atoms with Crippen molar-refractivity contribution in [2.75, 3.05) is 20.8 Å². The number of aromatic nitrogens is 2. The summed E-state index contributed by atoms with van der Waals surface area (Å²) in [7, 11) is 3.27. The second-order valence-electron chi connectivity index (χ2n) is 8.38. The van der Waals surface area contributed by atoms with Crippen LogP contribution in [-0.4, -0.2) is 41.4 Å². The third-order valence-corrected chi connectivity index (χ3v) is 6.48. The molecule has 0 unspecified atom stereocenters. The second kappa shape index (κ2) is 7.89. The zero-order valence-corrected chi connectivity index (χ0v) is 18.8. The molecule has 0 fully saturated rings. The first kappa shape index (κ1) is 20.4. The normalized spacial score (nSPS) is 16.5. The minimum atomic E-state index is -0.0599. The van der Waals surface area contributed by atoms with E-state index >= 15 is 0 Å². The summed E-state index contributed by atoms with van der Waals surface area (Å²) in [6.45, 7) is 5.43. The van der Waals surface area contributed by atoms with Gasteiger partial charge in [0, 0.05) is 17.7 Å². The zero-order chi connectivity index (χ0) is 22.4. The number of ether oxygens (including phenoxy) is 3.